The molecule has 0 spiro atoms. The minimum atomic E-state index is -0.683. The first-order chi connectivity index (χ1) is 16.3. The lowest BCUT2D eigenvalue weighted by Gasteiger charge is -2.32. The Morgan fingerprint density at radius 2 is 1.65 bits per heavy atom. The molecule has 2 amide bonds. The highest BCUT2D eigenvalue weighted by Gasteiger charge is 2.31. The van der Waals surface area contributed by atoms with Crippen molar-refractivity contribution in [3.05, 3.63) is 100 Å². The predicted molar refractivity (Wildman–Crippen MR) is 139 cm³/mol. The second-order valence-corrected chi connectivity index (χ2v) is 9.54. The van der Waals surface area contributed by atoms with E-state index in [0.29, 0.717) is 18.7 Å². The van der Waals surface area contributed by atoms with Crippen molar-refractivity contribution >= 4 is 27.7 Å². The van der Waals surface area contributed by atoms with Gasteiger partial charge in [-0.2, -0.15) is 0 Å². The molecule has 0 aromatic heterocycles. The van der Waals surface area contributed by atoms with Crippen LogP contribution >= 0.6 is 15.9 Å². The van der Waals surface area contributed by atoms with E-state index in [1.807, 2.05) is 99.6 Å². The maximum absolute atomic E-state index is 13.5. The molecule has 1 N–H and O–H groups in total. The molecule has 0 aliphatic rings. The highest BCUT2D eigenvalue weighted by molar-refractivity contribution is 9.10. The summed E-state index contributed by atoms with van der Waals surface area (Å²) in [5, 5.41) is 2.99. The van der Waals surface area contributed by atoms with Gasteiger partial charge in [0.1, 0.15) is 11.8 Å². The number of benzene rings is 3. The van der Waals surface area contributed by atoms with Crippen molar-refractivity contribution in [2.45, 2.75) is 45.8 Å². The molecule has 3 rings (SSSR count). The molecule has 34 heavy (non-hydrogen) atoms. The quantitative estimate of drug-likeness (QED) is 0.393. The minimum absolute atomic E-state index is 0.0443. The van der Waals surface area contributed by atoms with Crippen LogP contribution in [0.5, 0.6) is 5.75 Å². The third-order valence-electron chi connectivity index (χ3n) is 5.30. The molecular formula is C28H31BrN2O3. The van der Waals surface area contributed by atoms with E-state index in [0.717, 1.165) is 21.2 Å². The summed E-state index contributed by atoms with van der Waals surface area (Å²) in [6.07, 6.45) is 0.406. The van der Waals surface area contributed by atoms with E-state index in [4.69, 9.17) is 4.74 Å². The highest BCUT2D eigenvalue weighted by Crippen LogP contribution is 2.19. The maximum atomic E-state index is 13.5. The van der Waals surface area contributed by atoms with Crippen LogP contribution in [0.3, 0.4) is 0 Å². The van der Waals surface area contributed by atoms with E-state index in [2.05, 4.69) is 21.2 Å². The standard InChI is InChI=1S/C28H31BrN2O3/c1-20(2)30-28(33)26(17-22-10-5-4-6-11-22)31(18-23-12-8-13-24(29)16-23)27(32)19-34-25-14-7-9-21(3)15-25/h4-16,20,26H,17-19H2,1-3H3,(H,30,33). The normalized spacial score (nSPS) is 11.7. The van der Waals surface area contributed by atoms with Crippen LogP contribution in [0.15, 0.2) is 83.3 Å². The zero-order valence-electron chi connectivity index (χ0n) is 19.8. The fourth-order valence-electron chi connectivity index (χ4n) is 3.70. The van der Waals surface area contributed by atoms with E-state index >= 15 is 0 Å². The van der Waals surface area contributed by atoms with Crippen LogP contribution in [0.25, 0.3) is 0 Å². The van der Waals surface area contributed by atoms with Gasteiger partial charge in [-0.3, -0.25) is 9.59 Å². The van der Waals surface area contributed by atoms with Crippen LogP contribution in [0.1, 0.15) is 30.5 Å². The Hall–Kier alpha value is -3.12. The molecule has 6 heteroatoms. The van der Waals surface area contributed by atoms with Gasteiger partial charge in [0.2, 0.25) is 5.91 Å². The van der Waals surface area contributed by atoms with Gasteiger partial charge in [0.25, 0.3) is 5.91 Å². The first-order valence-corrected chi connectivity index (χ1v) is 12.2. The number of carbonyl (C=O) groups excluding carboxylic acids is 2. The summed E-state index contributed by atoms with van der Waals surface area (Å²) in [5.41, 5.74) is 2.96. The van der Waals surface area contributed by atoms with Crippen molar-refractivity contribution in [1.29, 1.82) is 0 Å². The first kappa shape index (κ1) is 25.5. The van der Waals surface area contributed by atoms with E-state index in [-0.39, 0.29) is 24.5 Å². The second kappa shape index (κ2) is 12.4. The Balaban J connectivity index is 1.91. The average molecular weight is 523 g/mol. The fraction of sp³-hybridized carbons (Fsp3) is 0.286. The van der Waals surface area contributed by atoms with Crippen LogP contribution in [0.4, 0.5) is 0 Å². The van der Waals surface area contributed by atoms with Crippen LogP contribution < -0.4 is 10.1 Å². The van der Waals surface area contributed by atoms with Gasteiger partial charge in [0, 0.05) is 23.5 Å². The lowest BCUT2D eigenvalue weighted by molar-refractivity contribution is -0.143. The molecule has 0 bridgehead atoms. The van der Waals surface area contributed by atoms with Gasteiger partial charge < -0.3 is 15.0 Å². The number of rotatable bonds is 10. The number of hydrogen-bond acceptors (Lipinski definition) is 3. The Labute approximate surface area is 210 Å². The number of amides is 2. The number of hydrogen-bond donors (Lipinski definition) is 1. The summed E-state index contributed by atoms with van der Waals surface area (Å²) in [4.78, 5) is 28.5. The third-order valence-corrected chi connectivity index (χ3v) is 5.79. The molecule has 0 aliphatic heterocycles. The summed E-state index contributed by atoms with van der Waals surface area (Å²) in [7, 11) is 0. The van der Waals surface area contributed by atoms with E-state index < -0.39 is 6.04 Å². The second-order valence-electron chi connectivity index (χ2n) is 8.63. The Morgan fingerprint density at radius 3 is 2.32 bits per heavy atom. The van der Waals surface area contributed by atoms with Gasteiger partial charge in [-0.1, -0.05) is 70.5 Å². The number of ether oxygens (including phenoxy) is 1. The maximum Gasteiger partial charge on any atom is 0.261 e. The van der Waals surface area contributed by atoms with Crippen LogP contribution in [-0.2, 0) is 22.6 Å². The van der Waals surface area contributed by atoms with Crippen molar-refractivity contribution in [2.75, 3.05) is 6.61 Å². The van der Waals surface area contributed by atoms with Crippen LogP contribution in [0.2, 0.25) is 0 Å². The lowest BCUT2D eigenvalue weighted by atomic mass is 10.0. The summed E-state index contributed by atoms with van der Waals surface area (Å²) in [6.45, 7) is 5.94. The SMILES string of the molecule is Cc1cccc(OCC(=O)N(Cc2cccc(Br)c2)C(Cc2ccccc2)C(=O)NC(C)C)c1. The number of nitrogens with zero attached hydrogens (tertiary/aromatic N) is 1. The molecule has 0 aliphatic carbocycles. The lowest BCUT2D eigenvalue weighted by Crippen LogP contribution is -2.52. The minimum Gasteiger partial charge on any atom is -0.484 e. The average Bonchev–Trinajstić information content (AvgIpc) is 2.80. The third kappa shape index (κ3) is 7.73. The fourth-order valence-corrected chi connectivity index (χ4v) is 4.15. The Morgan fingerprint density at radius 1 is 0.941 bits per heavy atom. The van der Waals surface area contributed by atoms with Gasteiger partial charge in [-0.25, -0.2) is 0 Å². The molecule has 0 saturated carbocycles. The highest BCUT2D eigenvalue weighted by atomic mass is 79.9. The Bertz CT molecular complexity index is 1100. The summed E-state index contributed by atoms with van der Waals surface area (Å²) in [6, 6.07) is 24.4. The first-order valence-electron chi connectivity index (χ1n) is 11.4. The smallest absolute Gasteiger partial charge is 0.261 e. The Kier molecular flexibility index (Phi) is 9.28. The number of halogens is 1. The van der Waals surface area contributed by atoms with Gasteiger partial charge in [0.05, 0.1) is 0 Å². The zero-order valence-corrected chi connectivity index (χ0v) is 21.4. The largest absolute Gasteiger partial charge is 0.484 e. The molecule has 0 fully saturated rings. The van der Waals surface area contributed by atoms with Gasteiger partial charge in [0.15, 0.2) is 6.61 Å². The topological polar surface area (TPSA) is 58.6 Å². The van der Waals surface area contributed by atoms with Gasteiger partial charge >= 0.3 is 0 Å². The molecule has 0 radical (unpaired) electrons. The molecule has 5 nitrogen and oxygen atoms in total. The molecular weight excluding hydrogens is 492 g/mol. The zero-order chi connectivity index (χ0) is 24.5. The van der Waals surface area contributed by atoms with E-state index in [9.17, 15) is 9.59 Å². The van der Waals surface area contributed by atoms with Crippen molar-refractivity contribution in [3.8, 4) is 5.75 Å². The molecule has 1 unspecified atom stereocenters. The van der Waals surface area contributed by atoms with Crippen molar-refractivity contribution < 1.29 is 14.3 Å². The van der Waals surface area contributed by atoms with Gasteiger partial charge in [-0.05, 0) is 61.7 Å². The summed E-state index contributed by atoms with van der Waals surface area (Å²) < 4.78 is 6.74. The van der Waals surface area contributed by atoms with Crippen LogP contribution in [-0.4, -0.2) is 35.4 Å². The molecule has 3 aromatic carbocycles. The van der Waals surface area contributed by atoms with Gasteiger partial charge in [-0.15, -0.1) is 0 Å². The summed E-state index contributed by atoms with van der Waals surface area (Å²) in [5.74, 6) is 0.195. The molecule has 0 saturated heterocycles. The van der Waals surface area contributed by atoms with Crippen molar-refractivity contribution in [3.63, 3.8) is 0 Å². The van der Waals surface area contributed by atoms with E-state index in [1.165, 1.54) is 0 Å². The van der Waals surface area contributed by atoms with E-state index in [1.54, 1.807) is 4.90 Å². The predicted octanol–water partition coefficient (Wildman–Crippen LogP) is 5.30. The number of nitrogens with one attached hydrogen (secondary N) is 1. The van der Waals surface area contributed by atoms with Crippen molar-refractivity contribution in [2.24, 2.45) is 0 Å². The van der Waals surface area contributed by atoms with Crippen LogP contribution in [0, 0.1) is 6.92 Å². The number of aryl methyl sites for hydroxylation is 1. The molecule has 1 atom stereocenters. The number of carbonyl (C=O) groups is 2. The van der Waals surface area contributed by atoms with Crippen molar-refractivity contribution in [1.82, 2.24) is 10.2 Å². The summed E-state index contributed by atoms with van der Waals surface area (Å²) >= 11 is 3.50. The molecule has 3 aromatic rings. The molecule has 0 heterocycles. The molecule has 178 valence electrons. The monoisotopic (exact) mass is 522 g/mol.